The van der Waals surface area contributed by atoms with Crippen LogP contribution in [0.5, 0.6) is 0 Å². The third kappa shape index (κ3) is 16.0. The van der Waals surface area contributed by atoms with E-state index >= 15 is 0 Å². The molecule has 0 spiro atoms. The molecule has 12 nitrogen and oxygen atoms in total. The maximum Gasteiger partial charge on any atom is 0.237 e. The van der Waals surface area contributed by atoms with Crippen LogP contribution in [0.25, 0.3) is 0 Å². The Morgan fingerprint density at radius 1 is 0.276 bits per heavy atom. The van der Waals surface area contributed by atoms with Crippen LogP contribution < -0.4 is 42.5 Å². The van der Waals surface area contributed by atoms with Crippen LogP contribution in [-0.4, -0.2) is 72.0 Å². The fourth-order valence-corrected chi connectivity index (χ4v) is 11.0. The van der Waals surface area contributed by atoms with Crippen molar-refractivity contribution in [1.29, 1.82) is 0 Å². The lowest BCUT2D eigenvalue weighted by molar-refractivity contribution is -0.127. The first-order valence-electron chi connectivity index (χ1n) is 27.7. The smallest absolute Gasteiger partial charge is 0.237 e. The second-order valence-electron chi connectivity index (χ2n) is 21.2. The average Bonchev–Trinajstić information content (AvgIpc) is 3.45. The van der Waals surface area contributed by atoms with E-state index in [0.717, 1.165) is 95.9 Å². The summed E-state index contributed by atoms with van der Waals surface area (Å²) < 4.78 is 0. The van der Waals surface area contributed by atoms with Crippen molar-refractivity contribution in [2.24, 2.45) is 0 Å². The average molecular weight is 1020 g/mol. The lowest BCUT2D eigenvalue weighted by Gasteiger charge is -2.35. The van der Waals surface area contributed by atoms with Crippen LogP contribution in [0.1, 0.15) is 95.9 Å². The molecule has 2 fully saturated rings. The Morgan fingerprint density at radius 2 is 0.474 bits per heavy atom. The van der Waals surface area contributed by atoms with Gasteiger partial charge in [-0.1, -0.05) is 196 Å². The molecule has 0 radical (unpaired) electrons. The summed E-state index contributed by atoms with van der Waals surface area (Å²) in [5.74, 6) is -0.349. The molecule has 2 aliphatic carbocycles. The molecular formula is C64H76N8O4. The minimum atomic E-state index is -0.518. The molecule has 8 atom stereocenters. The van der Waals surface area contributed by atoms with Gasteiger partial charge in [0.25, 0.3) is 0 Å². The van der Waals surface area contributed by atoms with Gasteiger partial charge >= 0.3 is 0 Å². The number of rotatable bonds is 8. The van der Waals surface area contributed by atoms with Crippen molar-refractivity contribution in [2.45, 2.75) is 152 Å². The van der Waals surface area contributed by atoms with E-state index in [1.807, 2.05) is 72.8 Å². The van der Waals surface area contributed by atoms with Crippen molar-refractivity contribution < 1.29 is 19.2 Å². The van der Waals surface area contributed by atoms with Gasteiger partial charge in [-0.15, -0.1) is 0 Å². The van der Waals surface area contributed by atoms with Gasteiger partial charge < -0.3 is 42.5 Å². The number of benzene rings is 6. The van der Waals surface area contributed by atoms with Crippen LogP contribution in [0, 0.1) is 0 Å². The van der Waals surface area contributed by atoms with Crippen molar-refractivity contribution in [1.82, 2.24) is 42.5 Å². The number of hydrogen-bond acceptors (Lipinski definition) is 8. The van der Waals surface area contributed by atoms with Gasteiger partial charge in [0.2, 0.25) is 23.6 Å². The van der Waals surface area contributed by atoms with Gasteiger partial charge in [0.05, 0.1) is 24.2 Å². The standard InChI is InChI=1S/C64H76N8O4/c73-61-57(37-45-17-5-1-6-18-45)65-41-49-29-31-50(32-30-49)42-66-59(39-47-21-9-3-10-22-47)63(75)71-55-27-15-16-28-56(55)72-64(76)60(40-48-23-11-4-12-24-48)68-44-52-35-33-51(34-36-52)43-67-58(38-46-19-7-2-8-20-46)62(74)70-54-26-14-13-25-53(54)69-61/h1-12,17-24,29-36,53-60,65-68H,13-16,25-28,37-44H2,(H,69,73)(H,70,74)(H,71,75)(H,72,76)/t53-,54-,55-,56-,57+,58+,59+,60+/m1/s1. The monoisotopic (exact) mass is 1020 g/mol. The van der Waals surface area contributed by atoms with Crippen LogP contribution in [0.15, 0.2) is 170 Å². The molecule has 4 amide bonds. The molecule has 396 valence electrons. The van der Waals surface area contributed by atoms with Gasteiger partial charge in [0.1, 0.15) is 0 Å². The SMILES string of the molecule is O=C1N[C@@H]2CCCC[C@H]2NC(=O)[C@H](Cc2ccccc2)NCc2ccc(cc2)CN[C@@H](Cc2ccccc2)C(=O)N[C@@H]2CCCC[C@H]2NC(=O)[C@H](Cc2ccccc2)NCc2ccc(cc2)CN[C@H]1Cc1ccccc1. The summed E-state index contributed by atoms with van der Waals surface area (Å²) >= 11 is 0. The molecular weight excluding hydrogens is 945 g/mol. The third-order valence-corrected chi connectivity index (χ3v) is 15.5. The topological polar surface area (TPSA) is 165 Å². The van der Waals surface area contributed by atoms with Crippen molar-refractivity contribution in [3.05, 3.63) is 214 Å². The summed E-state index contributed by atoms with van der Waals surface area (Å²) in [7, 11) is 0. The van der Waals surface area contributed by atoms with Gasteiger partial charge in [0, 0.05) is 50.3 Å². The largest absolute Gasteiger partial charge is 0.350 e. The Hall–Kier alpha value is -6.96. The van der Waals surface area contributed by atoms with Crippen molar-refractivity contribution in [3.8, 4) is 0 Å². The lowest BCUT2D eigenvalue weighted by atomic mass is 9.89. The van der Waals surface area contributed by atoms with E-state index in [2.05, 4.69) is 140 Å². The first kappa shape index (κ1) is 53.9. The predicted octanol–water partition coefficient (Wildman–Crippen LogP) is 7.29. The van der Waals surface area contributed by atoms with Gasteiger partial charge in [-0.2, -0.15) is 0 Å². The van der Waals surface area contributed by atoms with Gasteiger partial charge in [-0.3, -0.25) is 19.2 Å². The Bertz CT molecular complexity index is 2370. The maximum absolute atomic E-state index is 14.5. The van der Waals surface area contributed by atoms with E-state index < -0.39 is 24.2 Å². The zero-order valence-corrected chi connectivity index (χ0v) is 43.7. The highest BCUT2D eigenvalue weighted by atomic mass is 16.2. The minimum absolute atomic E-state index is 0.0872. The molecule has 0 saturated heterocycles. The first-order chi connectivity index (χ1) is 37.3. The lowest BCUT2D eigenvalue weighted by Crippen LogP contribution is -2.59. The molecule has 2 saturated carbocycles. The Kier molecular flexibility index (Phi) is 19.6. The van der Waals surface area contributed by atoms with Gasteiger partial charge in [0.15, 0.2) is 0 Å². The van der Waals surface area contributed by atoms with E-state index in [0.29, 0.717) is 51.9 Å². The molecule has 4 bridgehead atoms. The van der Waals surface area contributed by atoms with Crippen LogP contribution in [0.4, 0.5) is 0 Å². The molecule has 4 heterocycles. The molecule has 76 heavy (non-hydrogen) atoms. The zero-order chi connectivity index (χ0) is 52.3. The van der Waals surface area contributed by atoms with E-state index in [9.17, 15) is 19.2 Å². The van der Waals surface area contributed by atoms with Crippen LogP contribution in [0.2, 0.25) is 0 Å². The summed E-state index contributed by atoms with van der Waals surface area (Å²) in [5, 5.41) is 28.0. The summed E-state index contributed by atoms with van der Waals surface area (Å²) in [6.07, 6.45) is 8.97. The second-order valence-corrected chi connectivity index (χ2v) is 21.2. The van der Waals surface area contributed by atoms with Crippen molar-refractivity contribution in [3.63, 3.8) is 0 Å². The number of hydrogen-bond donors (Lipinski definition) is 8. The Balaban J connectivity index is 0.975. The van der Waals surface area contributed by atoms with E-state index in [1.165, 1.54) is 0 Å². The van der Waals surface area contributed by atoms with E-state index in [1.54, 1.807) is 0 Å². The molecule has 0 aromatic heterocycles. The van der Waals surface area contributed by atoms with E-state index in [-0.39, 0.29) is 47.8 Å². The highest BCUT2D eigenvalue weighted by molar-refractivity contribution is 5.85. The summed E-state index contributed by atoms with van der Waals surface area (Å²) in [6, 6.07) is 54.0. The van der Waals surface area contributed by atoms with Gasteiger partial charge in [-0.05, 0) is 95.9 Å². The van der Waals surface area contributed by atoms with Crippen molar-refractivity contribution >= 4 is 23.6 Å². The molecule has 12 rings (SSSR count). The Labute approximate surface area is 449 Å². The fourth-order valence-electron chi connectivity index (χ4n) is 11.0. The minimum Gasteiger partial charge on any atom is -0.350 e. The zero-order valence-electron chi connectivity index (χ0n) is 43.7. The van der Waals surface area contributed by atoms with Gasteiger partial charge in [-0.25, -0.2) is 0 Å². The summed E-state index contributed by atoms with van der Waals surface area (Å²) in [4.78, 5) is 57.9. The quantitative estimate of drug-likeness (QED) is 0.0789. The van der Waals surface area contributed by atoms with Crippen LogP contribution in [-0.2, 0) is 71.0 Å². The molecule has 0 unspecified atom stereocenters. The number of carbonyl (C=O) groups excluding carboxylic acids is 4. The maximum atomic E-state index is 14.5. The molecule has 6 aromatic carbocycles. The number of amides is 4. The highest BCUT2D eigenvalue weighted by Gasteiger charge is 2.34. The molecule has 6 aliphatic rings. The number of nitrogens with one attached hydrogen (secondary N) is 8. The number of carbonyl (C=O) groups is 4. The van der Waals surface area contributed by atoms with Crippen LogP contribution >= 0.6 is 0 Å². The second kappa shape index (κ2) is 27.7. The molecule has 6 aromatic rings. The van der Waals surface area contributed by atoms with Crippen LogP contribution in [0.3, 0.4) is 0 Å². The normalized spacial score (nSPS) is 24.7. The molecule has 12 heteroatoms. The molecule has 4 aliphatic heterocycles. The van der Waals surface area contributed by atoms with E-state index in [4.69, 9.17) is 0 Å². The summed E-state index contributed by atoms with van der Waals surface area (Å²) in [6.45, 7) is 1.89. The fraction of sp³-hybridized carbons (Fsp3) is 0.375. The first-order valence-corrected chi connectivity index (χ1v) is 27.7. The molecule has 8 N–H and O–H groups in total. The third-order valence-electron chi connectivity index (χ3n) is 15.5. The van der Waals surface area contributed by atoms with Crippen molar-refractivity contribution in [2.75, 3.05) is 0 Å². The Morgan fingerprint density at radius 3 is 0.671 bits per heavy atom. The summed E-state index contributed by atoms with van der Waals surface area (Å²) in [5.41, 5.74) is 8.34. The highest BCUT2D eigenvalue weighted by Crippen LogP contribution is 2.22. The predicted molar refractivity (Wildman–Crippen MR) is 301 cm³/mol.